The Morgan fingerprint density at radius 3 is 2.74 bits per heavy atom. The highest BCUT2D eigenvalue weighted by atomic mass is 16.2. The topological polar surface area (TPSA) is 36.1 Å². The average molecular weight is 258 g/mol. The number of hydrogen-bond acceptors (Lipinski definition) is 1. The van der Waals surface area contributed by atoms with Crippen LogP contribution in [0.15, 0.2) is 24.4 Å². The lowest BCUT2D eigenvalue weighted by Gasteiger charge is -2.21. The lowest BCUT2D eigenvalue weighted by Crippen LogP contribution is -2.30. The Morgan fingerprint density at radius 1 is 1.37 bits per heavy atom. The summed E-state index contributed by atoms with van der Waals surface area (Å²) in [7, 11) is 1.88. The van der Waals surface area contributed by atoms with Gasteiger partial charge in [0.1, 0.15) is 0 Å². The normalized spacial score (nSPS) is 11.2. The summed E-state index contributed by atoms with van der Waals surface area (Å²) in [4.78, 5) is 17.6. The van der Waals surface area contributed by atoms with Crippen LogP contribution in [0.4, 0.5) is 0 Å². The molecule has 0 fully saturated rings. The van der Waals surface area contributed by atoms with Crippen molar-refractivity contribution >= 4 is 16.8 Å². The number of rotatable bonds is 4. The summed E-state index contributed by atoms with van der Waals surface area (Å²) < 4.78 is 0. The number of amides is 1. The molecule has 0 aliphatic carbocycles. The molecule has 2 rings (SSSR count). The molecule has 0 saturated heterocycles. The van der Waals surface area contributed by atoms with E-state index >= 15 is 0 Å². The Hall–Kier alpha value is -1.77. The van der Waals surface area contributed by atoms with Gasteiger partial charge in [0.25, 0.3) is 5.91 Å². The van der Waals surface area contributed by atoms with Crippen LogP contribution in [0.5, 0.6) is 0 Å². The van der Waals surface area contributed by atoms with E-state index in [0.29, 0.717) is 5.92 Å². The third kappa shape index (κ3) is 2.80. The van der Waals surface area contributed by atoms with Crippen LogP contribution < -0.4 is 0 Å². The number of nitrogens with one attached hydrogen (secondary N) is 1. The fourth-order valence-corrected chi connectivity index (χ4v) is 2.47. The number of carbonyl (C=O) groups is 1. The Morgan fingerprint density at radius 2 is 2.11 bits per heavy atom. The second-order valence-corrected chi connectivity index (χ2v) is 5.51. The van der Waals surface area contributed by atoms with E-state index < -0.39 is 0 Å². The second-order valence-electron chi connectivity index (χ2n) is 5.51. The molecule has 3 heteroatoms. The van der Waals surface area contributed by atoms with E-state index in [0.717, 1.165) is 35.0 Å². The lowest BCUT2D eigenvalue weighted by molar-refractivity contribution is 0.0778. The van der Waals surface area contributed by atoms with Gasteiger partial charge in [-0.15, -0.1) is 0 Å². The summed E-state index contributed by atoms with van der Waals surface area (Å²) in [6.07, 6.45) is 2.78. The summed E-state index contributed by atoms with van der Waals surface area (Å²) in [5, 5.41) is 1.10. The van der Waals surface area contributed by atoms with E-state index in [9.17, 15) is 4.79 Å². The van der Waals surface area contributed by atoms with Gasteiger partial charge in [-0.1, -0.05) is 20.8 Å². The van der Waals surface area contributed by atoms with Gasteiger partial charge in [0, 0.05) is 36.3 Å². The molecule has 2 aromatic rings. The fraction of sp³-hybridized carbons (Fsp3) is 0.438. The third-order valence-corrected chi connectivity index (χ3v) is 3.37. The maximum absolute atomic E-state index is 12.5. The van der Waals surface area contributed by atoms with Crippen LogP contribution in [0.2, 0.25) is 0 Å². The predicted molar refractivity (Wildman–Crippen MR) is 79.5 cm³/mol. The standard InChI is InChI=1S/C16H22N2O/c1-5-12-9-15-13(6-7-17-15)8-14(12)16(19)18(4)10-11(2)3/h6-9,11,17H,5,10H2,1-4H3. The van der Waals surface area contributed by atoms with E-state index in [1.165, 1.54) is 0 Å². The van der Waals surface area contributed by atoms with Crippen LogP contribution in [0.1, 0.15) is 36.7 Å². The molecule has 0 atom stereocenters. The Balaban J connectivity index is 2.39. The van der Waals surface area contributed by atoms with Gasteiger partial charge < -0.3 is 9.88 Å². The molecule has 1 amide bonds. The van der Waals surface area contributed by atoms with E-state index in [2.05, 4.69) is 31.8 Å². The number of carbonyl (C=O) groups excluding carboxylic acids is 1. The van der Waals surface area contributed by atoms with Crippen molar-refractivity contribution in [1.29, 1.82) is 0 Å². The number of benzene rings is 1. The molecule has 1 aromatic carbocycles. The van der Waals surface area contributed by atoms with Crippen molar-refractivity contribution in [3.05, 3.63) is 35.5 Å². The van der Waals surface area contributed by atoms with Crippen molar-refractivity contribution in [1.82, 2.24) is 9.88 Å². The molecule has 0 aliphatic heterocycles. The van der Waals surface area contributed by atoms with Gasteiger partial charge in [0.2, 0.25) is 0 Å². The van der Waals surface area contributed by atoms with E-state index in [-0.39, 0.29) is 5.91 Å². The highest BCUT2D eigenvalue weighted by Gasteiger charge is 2.17. The molecule has 1 aromatic heterocycles. The molecular formula is C16H22N2O. The van der Waals surface area contributed by atoms with Gasteiger partial charge in [0.15, 0.2) is 0 Å². The molecule has 1 N–H and O–H groups in total. The molecule has 1 heterocycles. The SMILES string of the molecule is CCc1cc2[nH]ccc2cc1C(=O)N(C)CC(C)C. The summed E-state index contributed by atoms with van der Waals surface area (Å²) in [5.41, 5.74) is 3.04. The molecule has 0 unspecified atom stereocenters. The van der Waals surface area contributed by atoms with Gasteiger partial charge in [-0.2, -0.15) is 0 Å². The maximum Gasteiger partial charge on any atom is 0.253 e. The second kappa shape index (κ2) is 5.47. The zero-order valence-corrected chi connectivity index (χ0v) is 12.2. The van der Waals surface area contributed by atoms with Crippen LogP contribution in [0, 0.1) is 5.92 Å². The number of aromatic amines is 1. The number of aryl methyl sites for hydroxylation is 1. The minimum Gasteiger partial charge on any atom is -0.361 e. The van der Waals surface area contributed by atoms with Gasteiger partial charge >= 0.3 is 0 Å². The first-order valence-corrected chi connectivity index (χ1v) is 6.88. The van der Waals surface area contributed by atoms with Crippen molar-refractivity contribution in [3.63, 3.8) is 0 Å². The lowest BCUT2D eigenvalue weighted by atomic mass is 10.0. The highest BCUT2D eigenvalue weighted by Crippen LogP contribution is 2.21. The maximum atomic E-state index is 12.5. The Labute approximate surface area is 114 Å². The zero-order chi connectivity index (χ0) is 14.0. The van der Waals surface area contributed by atoms with E-state index in [1.807, 2.05) is 30.3 Å². The number of nitrogens with zero attached hydrogens (tertiary/aromatic N) is 1. The van der Waals surface area contributed by atoms with Crippen LogP contribution in [0.3, 0.4) is 0 Å². The van der Waals surface area contributed by atoms with Crippen LogP contribution in [-0.2, 0) is 6.42 Å². The van der Waals surface area contributed by atoms with Crippen molar-refractivity contribution in [3.8, 4) is 0 Å². The third-order valence-electron chi connectivity index (χ3n) is 3.37. The van der Waals surface area contributed by atoms with Crippen LogP contribution in [-0.4, -0.2) is 29.4 Å². The monoisotopic (exact) mass is 258 g/mol. The highest BCUT2D eigenvalue weighted by molar-refractivity contribution is 5.99. The van der Waals surface area contributed by atoms with Crippen molar-refractivity contribution < 1.29 is 4.79 Å². The molecule has 102 valence electrons. The van der Waals surface area contributed by atoms with Gasteiger partial charge in [0.05, 0.1) is 0 Å². The minimum atomic E-state index is 0.119. The number of fused-ring (bicyclic) bond motifs is 1. The molecule has 0 saturated carbocycles. The first-order valence-electron chi connectivity index (χ1n) is 6.88. The fourth-order valence-electron chi connectivity index (χ4n) is 2.47. The van der Waals surface area contributed by atoms with Gasteiger partial charge in [-0.25, -0.2) is 0 Å². The molecule has 0 radical (unpaired) electrons. The van der Waals surface area contributed by atoms with Crippen molar-refractivity contribution in [2.75, 3.05) is 13.6 Å². The molecule has 19 heavy (non-hydrogen) atoms. The summed E-state index contributed by atoms with van der Waals surface area (Å²) in [5.74, 6) is 0.601. The van der Waals surface area contributed by atoms with Crippen molar-refractivity contribution in [2.45, 2.75) is 27.2 Å². The molecule has 0 bridgehead atoms. The number of H-pyrrole nitrogens is 1. The summed E-state index contributed by atoms with van der Waals surface area (Å²) >= 11 is 0. The quantitative estimate of drug-likeness (QED) is 0.895. The van der Waals surface area contributed by atoms with Gasteiger partial charge in [-0.3, -0.25) is 4.79 Å². The van der Waals surface area contributed by atoms with Crippen LogP contribution in [0.25, 0.3) is 10.9 Å². The average Bonchev–Trinajstić information content (AvgIpc) is 2.82. The predicted octanol–water partition coefficient (Wildman–Crippen LogP) is 3.46. The molecule has 0 spiro atoms. The van der Waals surface area contributed by atoms with Crippen molar-refractivity contribution in [2.24, 2.45) is 5.92 Å². The van der Waals surface area contributed by atoms with E-state index in [1.54, 1.807) is 0 Å². The Bertz CT molecular complexity index is 583. The first kappa shape index (κ1) is 13.7. The Kier molecular flexibility index (Phi) is 3.93. The molecular weight excluding hydrogens is 236 g/mol. The van der Waals surface area contributed by atoms with Crippen LogP contribution >= 0.6 is 0 Å². The zero-order valence-electron chi connectivity index (χ0n) is 12.2. The largest absolute Gasteiger partial charge is 0.361 e. The first-order chi connectivity index (χ1) is 9.02. The smallest absolute Gasteiger partial charge is 0.253 e. The summed E-state index contributed by atoms with van der Waals surface area (Å²) in [6, 6.07) is 6.10. The summed E-state index contributed by atoms with van der Waals surface area (Å²) in [6.45, 7) is 7.12. The van der Waals surface area contributed by atoms with Gasteiger partial charge in [-0.05, 0) is 36.1 Å². The molecule has 0 aliphatic rings. The minimum absolute atomic E-state index is 0.119. The van der Waals surface area contributed by atoms with E-state index in [4.69, 9.17) is 0 Å². The molecule has 3 nitrogen and oxygen atoms in total. The number of aromatic nitrogens is 1. The number of hydrogen-bond donors (Lipinski definition) is 1.